The number of nitrogens with zero attached hydrogens (tertiary/aromatic N) is 2. The van der Waals surface area contributed by atoms with E-state index in [4.69, 9.17) is 10.3 Å². The first-order valence-corrected chi connectivity index (χ1v) is 7.06. The number of nitrogens with two attached hydrogens (primary N) is 1. The molecule has 0 radical (unpaired) electrons. The lowest BCUT2D eigenvalue weighted by molar-refractivity contribution is -0.386. The Bertz CT molecular complexity index is 631. The minimum absolute atomic E-state index is 0.0821. The van der Waals surface area contributed by atoms with Gasteiger partial charge in [-0.1, -0.05) is 5.16 Å². The highest BCUT2D eigenvalue weighted by Gasteiger charge is 2.21. The molecule has 0 aromatic carbocycles. The molecule has 0 atom stereocenters. The third-order valence-corrected chi connectivity index (χ3v) is 3.78. The van der Waals surface area contributed by atoms with Gasteiger partial charge < -0.3 is 10.3 Å². The van der Waals surface area contributed by atoms with E-state index in [1.54, 1.807) is 24.3 Å². The summed E-state index contributed by atoms with van der Waals surface area (Å²) in [6.45, 7) is 2.20. The van der Waals surface area contributed by atoms with Crippen molar-refractivity contribution in [3.05, 3.63) is 43.5 Å². The molecule has 0 aliphatic carbocycles. The quantitative estimate of drug-likeness (QED) is 0.652. The van der Waals surface area contributed by atoms with Gasteiger partial charge in [0.05, 0.1) is 4.92 Å². The van der Waals surface area contributed by atoms with Gasteiger partial charge in [-0.3, -0.25) is 10.1 Å². The van der Waals surface area contributed by atoms with Crippen LogP contribution in [0, 0.1) is 17.0 Å². The minimum atomic E-state index is -0.477. The molecule has 0 aliphatic rings. The summed E-state index contributed by atoms with van der Waals surface area (Å²) in [5.41, 5.74) is 6.89. The maximum Gasteiger partial charge on any atom is 0.338 e. The number of aromatic nitrogens is 1. The van der Waals surface area contributed by atoms with Crippen LogP contribution in [-0.4, -0.2) is 16.6 Å². The first kappa shape index (κ1) is 14.4. The zero-order chi connectivity index (χ0) is 14.5. The van der Waals surface area contributed by atoms with E-state index in [1.807, 2.05) is 17.5 Å². The summed E-state index contributed by atoms with van der Waals surface area (Å²) in [5.74, 6) is 0.172. The van der Waals surface area contributed by atoms with E-state index in [-0.39, 0.29) is 17.1 Å². The van der Waals surface area contributed by atoms with Gasteiger partial charge in [0.1, 0.15) is 0 Å². The Morgan fingerprint density at radius 1 is 1.55 bits per heavy atom. The van der Waals surface area contributed by atoms with Gasteiger partial charge in [0.15, 0.2) is 5.69 Å². The average Bonchev–Trinajstić information content (AvgIpc) is 3.00. The smallest absolute Gasteiger partial charge is 0.338 e. The second kappa shape index (κ2) is 6.44. The zero-order valence-electron chi connectivity index (χ0n) is 11.0. The first-order valence-electron chi connectivity index (χ1n) is 6.18. The lowest BCUT2D eigenvalue weighted by atomic mass is 10.1. The molecular weight excluding hydrogens is 278 g/mol. The summed E-state index contributed by atoms with van der Waals surface area (Å²) in [5, 5.41) is 16.6. The van der Waals surface area contributed by atoms with Crippen molar-refractivity contribution in [2.75, 3.05) is 6.54 Å². The molecule has 0 saturated carbocycles. The molecule has 0 amide bonds. The van der Waals surface area contributed by atoms with E-state index in [9.17, 15) is 10.1 Å². The van der Waals surface area contributed by atoms with Crippen molar-refractivity contribution in [1.29, 1.82) is 0 Å². The molecule has 6 nitrogen and oxygen atoms in total. The average molecular weight is 293 g/mol. The standard InChI is InChI=1S/C13H15N3O3S/c1-9-13(16(17)18)11(19-15-9)4-5-12-10(3-2-7-14)6-8-20-12/h4-6,8H,2-3,7,14H2,1H3/b5-4+. The molecule has 2 rings (SSSR count). The van der Waals surface area contributed by atoms with Crippen LogP contribution in [0.25, 0.3) is 12.2 Å². The Morgan fingerprint density at radius 2 is 2.35 bits per heavy atom. The maximum absolute atomic E-state index is 10.9. The van der Waals surface area contributed by atoms with Crippen LogP contribution in [0.3, 0.4) is 0 Å². The summed E-state index contributed by atoms with van der Waals surface area (Å²) in [6.07, 6.45) is 5.23. The van der Waals surface area contributed by atoms with E-state index in [0.29, 0.717) is 6.54 Å². The molecule has 0 spiro atoms. The second-order valence-corrected chi connectivity index (χ2v) is 5.22. The summed E-state index contributed by atoms with van der Waals surface area (Å²) < 4.78 is 4.98. The Kier molecular flexibility index (Phi) is 4.65. The van der Waals surface area contributed by atoms with Gasteiger partial charge in [0.2, 0.25) is 5.76 Å². The monoisotopic (exact) mass is 293 g/mol. The molecule has 2 N–H and O–H groups in total. The van der Waals surface area contributed by atoms with E-state index >= 15 is 0 Å². The molecular formula is C13H15N3O3S. The topological polar surface area (TPSA) is 95.2 Å². The van der Waals surface area contributed by atoms with Crippen LogP contribution in [0.2, 0.25) is 0 Å². The van der Waals surface area contributed by atoms with Crippen molar-refractivity contribution in [3.63, 3.8) is 0 Å². The third-order valence-electron chi connectivity index (χ3n) is 2.86. The van der Waals surface area contributed by atoms with Crippen molar-refractivity contribution in [1.82, 2.24) is 5.16 Å². The van der Waals surface area contributed by atoms with Gasteiger partial charge in [-0.05, 0) is 55.5 Å². The summed E-state index contributed by atoms with van der Waals surface area (Å²) >= 11 is 1.58. The minimum Gasteiger partial charge on any atom is -0.349 e. The third kappa shape index (κ3) is 3.12. The van der Waals surface area contributed by atoms with Gasteiger partial charge in [0.25, 0.3) is 0 Å². The summed E-state index contributed by atoms with van der Waals surface area (Å²) in [7, 11) is 0. The van der Waals surface area contributed by atoms with Crippen LogP contribution in [-0.2, 0) is 6.42 Å². The Hall–Kier alpha value is -1.99. The number of aryl methyl sites for hydroxylation is 2. The highest BCUT2D eigenvalue weighted by atomic mass is 32.1. The molecule has 2 aromatic rings. The predicted molar refractivity (Wildman–Crippen MR) is 78.5 cm³/mol. The van der Waals surface area contributed by atoms with E-state index in [2.05, 4.69) is 5.16 Å². The van der Waals surface area contributed by atoms with Crippen LogP contribution >= 0.6 is 11.3 Å². The van der Waals surface area contributed by atoms with Crippen molar-refractivity contribution in [2.24, 2.45) is 5.73 Å². The van der Waals surface area contributed by atoms with Crippen molar-refractivity contribution in [3.8, 4) is 0 Å². The van der Waals surface area contributed by atoms with Gasteiger partial charge in [-0.25, -0.2) is 0 Å². The van der Waals surface area contributed by atoms with Crippen molar-refractivity contribution >= 4 is 29.2 Å². The largest absolute Gasteiger partial charge is 0.349 e. The lowest BCUT2D eigenvalue weighted by Gasteiger charge is -1.97. The highest BCUT2D eigenvalue weighted by molar-refractivity contribution is 7.11. The van der Waals surface area contributed by atoms with Crippen molar-refractivity contribution < 1.29 is 9.45 Å². The molecule has 0 bridgehead atoms. The highest BCUT2D eigenvalue weighted by Crippen LogP contribution is 2.26. The SMILES string of the molecule is Cc1noc(/C=C/c2sccc2CCCN)c1[N+](=O)[O-]. The van der Waals surface area contributed by atoms with Crippen LogP contribution < -0.4 is 5.73 Å². The molecule has 0 fully saturated rings. The first-order chi connectivity index (χ1) is 9.63. The molecule has 2 heterocycles. The summed E-state index contributed by atoms with van der Waals surface area (Å²) in [6, 6.07) is 2.04. The zero-order valence-corrected chi connectivity index (χ0v) is 11.9. The number of rotatable bonds is 6. The van der Waals surface area contributed by atoms with Gasteiger partial charge in [-0.2, -0.15) is 0 Å². The van der Waals surface area contributed by atoms with E-state index < -0.39 is 4.92 Å². The molecule has 7 heteroatoms. The number of thiophene rings is 1. The Labute approximate surface area is 120 Å². The van der Waals surface area contributed by atoms with Gasteiger partial charge in [0, 0.05) is 4.88 Å². The lowest BCUT2D eigenvalue weighted by Crippen LogP contribution is -2.00. The maximum atomic E-state index is 10.9. The van der Waals surface area contributed by atoms with Crippen LogP contribution in [0.5, 0.6) is 0 Å². The fraction of sp³-hybridized carbons (Fsp3) is 0.308. The van der Waals surface area contributed by atoms with Gasteiger partial charge in [-0.15, -0.1) is 11.3 Å². The van der Waals surface area contributed by atoms with Crippen molar-refractivity contribution in [2.45, 2.75) is 19.8 Å². The van der Waals surface area contributed by atoms with Crippen LogP contribution in [0.4, 0.5) is 5.69 Å². The van der Waals surface area contributed by atoms with E-state index in [0.717, 1.165) is 17.7 Å². The molecule has 0 aliphatic heterocycles. The second-order valence-electron chi connectivity index (χ2n) is 4.27. The predicted octanol–water partition coefficient (Wildman–Crippen LogP) is 3.01. The molecule has 2 aromatic heterocycles. The molecule has 20 heavy (non-hydrogen) atoms. The number of hydrogen-bond acceptors (Lipinski definition) is 6. The van der Waals surface area contributed by atoms with E-state index in [1.165, 1.54) is 5.56 Å². The Morgan fingerprint density at radius 3 is 3.05 bits per heavy atom. The normalized spacial score (nSPS) is 11.3. The number of nitro groups is 1. The summed E-state index contributed by atoms with van der Waals surface area (Å²) in [4.78, 5) is 11.5. The fourth-order valence-corrected chi connectivity index (χ4v) is 2.70. The molecule has 106 valence electrons. The van der Waals surface area contributed by atoms with Crippen LogP contribution in [0.1, 0.15) is 28.3 Å². The van der Waals surface area contributed by atoms with Gasteiger partial charge >= 0.3 is 5.69 Å². The van der Waals surface area contributed by atoms with Crippen LogP contribution in [0.15, 0.2) is 16.0 Å². The molecule has 0 unspecified atom stereocenters. The Balaban J connectivity index is 2.22. The number of hydrogen-bond donors (Lipinski definition) is 1. The molecule has 0 saturated heterocycles. The fourth-order valence-electron chi connectivity index (χ4n) is 1.86.